The van der Waals surface area contributed by atoms with Crippen LogP contribution in [-0.4, -0.2) is 62.7 Å². The number of morpholine rings is 1. The zero-order chi connectivity index (χ0) is 26.3. The lowest BCUT2D eigenvalue weighted by molar-refractivity contribution is 0.0374. The van der Waals surface area contributed by atoms with E-state index in [4.69, 9.17) is 16.3 Å². The number of anilines is 2. The monoisotopic (exact) mass is 532 g/mol. The molecule has 38 heavy (non-hydrogen) atoms. The van der Waals surface area contributed by atoms with Crippen LogP contribution in [0, 0.1) is 0 Å². The topological polar surface area (TPSA) is 73.9 Å². The molecule has 2 amide bonds. The summed E-state index contributed by atoms with van der Waals surface area (Å²) < 4.78 is 5.41. The van der Waals surface area contributed by atoms with Gasteiger partial charge in [-0.05, 0) is 60.8 Å². The lowest BCUT2D eigenvalue weighted by Gasteiger charge is -2.32. The summed E-state index contributed by atoms with van der Waals surface area (Å²) >= 11 is 6.22. The van der Waals surface area contributed by atoms with Crippen molar-refractivity contribution in [1.29, 1.82) is 0 Å². The summed E-state index contributed by atoms with van der Waals surface area (Å²) in [6, 6.07) is 20.9. The van der Waals surface area contributed by atoms with E-state index in [0.717, 1.165) is 64.5 Å². The zero-order valence-corrected chi connectivity index (χ0v) is 22.2. The predicted octanol–water partition coefficient (Wildman–Crippen LogP) is 4.61. The third kappa shape index (κ3) is 6.35. The first-order chi connectivity index (χ1) is 18.6. The molecule has 2 N–H and O–H groups in total. The third-order valence-electron chi connectivity index (χ3n) is 7.13. The number of carbonyl (C=O) groups is 2. The van der Waals surface area contributed by atoms with Crippen molar-refractivity contribution in [3.05, 3.63) is 94.0 Å². The molecule has 0 saturated carbocycles. The molecule has 1 saturated heterocycles. The maximum absolute atomic E-state index is 13.5. The molecule has 0 aromatic heterocycles. The first-order valence-corrected chi connectivity index (χ1v) is 13.6. The van der Waals surface area contributed by atoms with Crippen molar-refractivity contribution in [1.82, 2.24) is 10.2 Å². The van der Waals surface area contributed by atoms with Crippen LogP contribution in [0.1, 0.15) is 38.3 Å². The molecule has 3 aromatic rings. The molecule has 2 aliphatic rings. The molecule has 5 rings (SSSR count). The SMILES string of the molecule is O=C(Nc1ccc(N2CCc3ccccc3C2)c(C(=O)NCCCN2CCOCC2)c1)c1ccccc1Cl. The van der Waals surface area contributed by atoms with Gasteiger partial charge in [0.05, 0.1) is 29.4 Å². The summed E-state index contributed by atoms with van der Waals surface area (Å²) in [6.45, 7) is 6.45. The number of nitrogens with one attached hydrogen (secondary N) is 2. The summed E-state index contributed by atoms with van der Waals surface area (Å²) in [5, 5.41) is 6.39. The van der Waals surface area contributed by atoms with Crippen molar-refractivity contribution < 1.29 is 14.3 Å². The van der Waals surface area contributed by atoms with Crippen LogP contribution in [0.25, 0.3) is 0 Å². The van der Waals surface area contributed by atoms with E-state index in [1.807, 2.05) is 12.1 Å². The van der Waals surface area contributed by atoms with Crippen molar-refractivity contribution in [2.45, 2.75) is 19.4 Å². The average molecular weight is 533 g/mol. The van der Waals surface area contributed by atoms with E-state index in [9.17, 15) is 9.59 Å². The molecule has 7 nitrogen and oxygen atoms in total. The van der Waals surface area contributed by atoms with Gasteiger partial charge in [0.15, 0.2) is 0 Å². The Kier molecular flexibility index (Phi) is 8.58. The van der Waals surface area contributed by atoms with Gasteiger partial charge >= 0.3 is 0 Å². The molecular weight excluding hydrogens is 500 g/mol. The number of amides is 2. The largest absolute Gasteiger partial charge is 0.379 e. The Balaban J connectivity index is 1.33. The number of nitrogens with zero attached hydrogens (tertiary/aromatic N) is 2. The lowest BCUT2D eigenvalue weighted by atomic mass is 9.98. The van der Waals surface area contributed by atoms with E-state index in [0.29, 0.717) is 28.4 Å². The number of halogens is 1. The molecule has 0 bridgehead atoms. The summed E-state index contributed by atoms with van der Waals surface area (Å²) in [7, 11) is 0. The van der Waals surface area contributed by atoms with Crippen LogP contribution in [0.2, 0.25) is 5.02 Å². The van der Waals surface area contributed by atoms with Gasteiger partial charge in [0.2, 0.25) is 0 Å². The summed E-state index contributed by atoms with van der Waals surface area (Å²) in [4.78, 5) is 30.9. The molecule has 2 aliphatic heterocycles. The molecule has 3 aromatic carbocycles. The van der Waals surface area contributed by atoms with Crippen molar-refractivity contribution >= 4 is 34.8 Å². The number of carbonyl (C=O) groups excluding carboxylic acids is 2. The fourth-order valence-electron chi connectivity index (χ4n) is 5.04. The minimum Gasteiger partial charge on any atom is -0.379 e. The fraction of sp³-hybridized carbons (Fsp3) is 0.333. The Hall–Kier alpha value is -3.39. The molecule has 0 unspecified atom stereocenters. The third-order valence-corrected chi connectivity index (χ3v) is 7.46. The zero-order valence-electron chi connectivity index (χ0n) is 21.4. The Morgan fingerprint density at radius 2 is 1.63 bits per heavy atom. The van der Waals surface area contributed by atoms with Crippen LogP contribution in [0.5, 0.6) is 0 Å². The van der Waals surface area contributed by atoms with E-state index in [1.54, 1.807) is 30.3 Å². The molecule has 0 aliphatic carbocycles. The van der Waals surface area contributed by atoms with Gasteiger partial charge in [0.25, 0.3) is 11.8 Å². The minimum absolute atomic E-state index is 0.144. The standard InChI is InChI=1S/C30H33ClN4O3/c31-27-9-4-3-8-25(27)30(37)33-24-10-11-28(35-15-12-22-6-1-2-7-23(22)21-35)26(20-24)29(36)32-13-5-14-34-16-18-38-19-17-34/h1-4,6-11,20H,5,12-19,21H2,(H,32,36)(H,33,37). The number of fused-ring (bicyclic) bond motifs is 1. The van der Waals surface area contributed by atoms with E-state index < -0.39 is 0 Å². The van der Waals surface area contributed by atoms with Gasteiger partial charge in [0, 0.05) is 44.1 Å². The Morgan fingerprint density at radius 1 is 0.868 bits per heavy atom. The fourth-order valence-corrected chi connectivity index (χ4v) is 5.26. The quantitative estimate of drug-likeness (QED) is 0.415. The maximum Gasteiger partial charge on any atom is 0.257 e. The highest BCUT2D eigenvalue weighted by Gasteiger charge is 2.22. The van der Waals surface area contributed by atoms with E-state index in [1.165, 1.54) is 11.1 Å². The first kappa shape index (κ1) is 26.2. The van der Waals surface area contributed by atoms with Crippen LogP contribution in [0.15, 0.2) is 66.7 Å². The number of ether oxygens (including phenoxy) is 1. The Bertz CT molecular complexity index is 1290. The van der Waals surface area contributed by atoms with Crippen molar-refractivity contribution in [2.24, 2.45) is 0 Å². The average Bonchev–Trinajstić information content (AvgIpc) is 2.95. The van der Waals surface area contributed by atoms with Gasteiger partial charge in [-0.1, -0.05) is 48.0 Å². The van der Waals surface area contributed by atoms with Crippen molar-refractivity contribution in [3.63, 3.8) is 0 Å². The van der Waals surface area contributed by atoms with Crippen LogP contribution < -0.4 is 15.5 Å². The summed E-state index contributed by atoms with van der Waals surface area (Å²) in [6.07, 6.45) is 1.78. The number of hydrogen-bond donors (Lipinski definition) is 2. The van der Waals surface area contributed by atoms with Crippen LogP contribution >= 0.6 is 11.6 Å². The summed E-state index contributed by atoms with van der Waals surface area (Å²) in [5.74, 6) is -0.457. The number of hydrogen-bond acceptors (Lipinski definition) is 5. The van der Waals surface area contributed by atoms with Crippen LogP contribution in [-0.2, 0) is 17.7 Å². The maximum atomic E-state index is 13.5. The molecule has 0 spiro atoms. The second-order valence-corrected chi connectivity index (χ2v) is 10.1. The number of benzene rings is 3. The summed E-state index contributed by atoms with van der Waals surface area (Å²) in [5.41, 5.74) is 4.97. The highest BCUT2D eigenvalue weighted by molar-refractivity contribution is 6.34. The smallest absolute Gasteiger partial charge is 0.257 e. The van der Waals surface area contributed by atoms with Gasteiger partial charge in [0.1, 0.15) is 0 Å². The minimum atomic E-state index is -0.313. The van der Waals surface area contributed by atoms with Crippen LogP contribution in [0.3, 0.4) is 0 Å². The van der Waals surface area contributed by atoms with Gasteiger partial charge in [-0.3, -0.25) is 14.5 Å². The van der Waals surface area contributed by atoms with E-state index in [2.05, 4.69) is 44.7 Å². The van der Waals surface area contributed by atoms with Crippen molar-refractivity contribution in [2.75, 3.05) is 56.2 Å². The molecule has 0 radical (unpaired) electrons. The predicted molar refractivity (Wildman–Crippen MR) is 151 cm³/mol. The molecule has 0 atom stereocenters. The van der Waals surface area contributed by atoms with Gasteiger partial charge in [-0.2, -0.15) is 0 Å². The van der Waals surface area contributed by atoms with Gasteiger partial charge in [-0.25, -0.2) is 0 Å². The normalized spacial score (nSPS) is 15.6. The highest BCUT2D eigenvalue weighted by atomic mass is 35.5. The lowest BCUT2D eigenvalue weighted by Crippen LogP contribution is -2.38. The molecular formula is C30H33ClN4O3. The van der Waals surface area contributed by atoms with Gasteiger partial charge in [-0.15, -0.1) is 0 Å². The van der Waals surface area contributed by atoms with Crippen molar-refractivity contribution in [3.8, 4) is 0 Å². The second kappa shape index (κ2) is 12.4. The Labute approximate surface area is 228 Å². The van der Waals surface area contributed by atoms with Crippen LogP contribution in [0.4, 0.5) is 11.4 Å². The second-order valence-electron chi connectivity index (χ2n) is 9.67. The highest BCUT2D eigenvalue weighted by Crippen LogP contribution is 2.30. The van der Waals surface area contributed by atoms with E-state index in [-0.39, 0.29) is 11.8 Å². The van der Waals surface area contributed by atoms with Gasteiger partial charge < -0.3 is 20.3 Å². The Morgan fingerprint density at radius 3 is 2.45 bits per heavy atom. The molecule has 8 heteroatoms. The molecule has 2 heterocycles. The van der Waals surface area contributed by atoms with E-state index >= 15 is 0 Å². The number of rotatable bonds is 8. The molecule has 1 fully saturated rings. The first-order valence-electron chi connectivity index (χ1n) is 13.2. The molecule has 198 valence electrons.